The lowest BCUT2D eigenvalue weighted by Crippen LogP contribution is -2.22. The van der Waals surface area contributed by atoms with E-state index in [2.05, 4.69) is 29.8 Å². The first-order valence-corrected chi connectivity index (χ1v) is 11.7. The van der Waals surface area contributed by atoms with Gasteiger partial charge >= 0.3 is 0 Å². The molecule has 3 heteroatoms. The Morgan fingerprint density at radius 3 is 1.73 bits per heavy atom. The van der Waals surface area contributed by atoms with E-state index in [-0.39, 0.29) is 0 Å². The van der Waals surface area contributed by atoms with Crippen LogP contribution in [0.5, 0.6) is 0 Å². The first kappa shape index (κ1) is 25.5. The molecule has 0 heterocycles. The second-order valence-electron chi connectivity index (χ2n) is 7.63. The van der Waals surface area contributed by atoms with Gasteiger partial charge in [-0.3, -0.25) is 0 Å². The number of hydrogen-bond donors (Lipinski definition) is 3. The second kappa shape index (κ2) is 24.5. The van der Waals surface area contributed by atoms with Gasteiger partial charge in [-0.05, 0) is 51.5 Å². The Labute approximate surface area is 165 Å². The fraction of sp³-hybridized carbons (Fsp3) is 0.913. The normalized spacial score (nSPS) is 11.5. The van der Waals surface area contributed by atoms with E-state index in [1.807, 2.05) is 0 Å². The van der Waals surface area contributed by atoms with Crippen LogP contribution < -0.4 is 16.4 Å². The minimum absolute atomic E-state index is 0.785. The van der Waals surface area contributed by atoms with E-state index < -0.39 is 0 Å². The van der Waals surface area contributed by atoms with Gasteiger partial charge in [-0.25, -0.2) is 0 Å². The van der Waals surface area contributed by atoms with E-state index in [0.717, 1.165) is 32.6 Å². The maximum absolute atomic E-state index is 5.46. The molecule has 0 atom stereocenters. The Balaban J connectivity index is 3.04. The number of allylic oxidation sites excluding steroid dienone is 1. The van der Waals surface area contributed by atoms with E-state index in [1.165, 1.54) is 96.3 Å². The summed E-state index contributed by atoms with van der Waals surface area (Å²) in [5.41, 5.74) is 5.46. The standard InChI is InChI=1S/C23H49N3/c1-2-3-4-5-6-7-8-9-10-11-12-13-14-15-16-20-25-22-18-23-26-21-17-19-24/h16,20,25-26H,2-15,17-19,21-24H2,1H3/b20-16+. The Kier molecular flexibility index (Phi) is 24.0. The van der Waals surface area contributed by atoms with Crippen LogP contribution in [0, 0.1) is 0 Å². The number of hydrogen-bond acceptors (Lipinski definition) is 3. The van der Waals surface area contributed by atoms with Crippen molar-refractivity contribution in [2.45, 2.75) is 110 Å². The fourth-order valence-electron chi connectivity index (χ4n) is 3.20. The van der Waals surface area contributed by atoms with Gasteiger partial charge in [0, 0.05) is 6.54 Å². The molecule has 0 spiro atoms. The first-order valence-electron chi connectivity index (χ1n) is 11.7. The number of rotatable bonds is 22. The monoisotopic (exact) mass is 367 g/mol. The molecule has 0 saturated heterocycles. The summed E-state index contributed by atoms with van der Waals surface area (Å²) in [4.78, 5) is 0. The minimum atomic E-state index is 0.785. The molecule has 0 unspecified atom stereocenters. The smallest absolute Gasteiger partial charge is 0.0153 e. The Bertz CT molecular complexity index is 266. The SMILES string of the molecule is CCCCCCCCCCCCCCC/C=C/NCCCNCCCN. The van der Waals surface area contributed by atoms with E-state index >= 15 is 0 Å². The summed E-state index contributed by atoms with van der Waals surface area (Å²) in [5.74, 6) is 0. The van der Waals surface area contributed by atoms with Crippen molar-refractivity contribution in [3.63, 3.8) is 0 Å². The van der Waals surface area contributed by atoms with Gasteiger partial charge in [-0.1, -0.05) is 90.0 Å². The van der Waals surface area contributed by atoms with Crippen LogP contribution in [0.2, 0.25) is 0 Å². The third-order valence-corrected chi connectivity index (χ3v) is 4.94. The third-order valence-electron chi connectivity index (χ3n) is 4.94. The van der Waals surface area contributed by atoms with Crippen molar-refractivity contribution in [2.75, 3.05) is 26.2 Å². The van der Waals surface area contributed by atoms with Crippen LogP contribution in [-0.4, -0.2) is 26.2 Å². The lowest BCUT2D eigenvalue weighted by atomic mass is 10.0. The molecule has 0 aromatic rings. The average Bonchev–Trinajstić information content (AvgIpc) is 2.66. The Morgan fingerprint density at radius 2 is 1.15 bits per heavy atom. The topological polar surface area (TPSA) is 50.1 Å². The summed E-state index contributed by atoms with van der Waals surface area (Å²) in [6.45, 7) is 6.27. The predicted octanol–water partition coefficient (Wildman–Crippen LogP) is 5.90. The summed E-state index contributed by atoms with van der Waals surface area (Å²) < 4.78 is 0. The summed E-state index contributed by atoms with van der Waals surface area (Å²) in [5, 5.41) is 6.78. The molecule has 0 rings (SSSR count). The highest BCUT2D eigenvalue weighted by Crippen LogP contribution is 2.12. The zero-order valence-corrected chi connectivity index (χ0v) is 17.9. The van der Waals surface area contributed by atoms with Gasteiger partial charge in [0.2, 0.25) is 0 Å². The van der Waals surface area contributed by atoms with Gasteiger partial charge in [0.25, 0.3) is 0 Å². The number of nitrogens with two attached hydrogens (primary N) is 1. The molecule has 0 radical (unpaired) electrons. The molecular weight excluding hydrogens is 318 g/mol. The van der Waals surface area contributed by atoms with Gasteiger partial charge in [-0.2, -0.15) is 0 Å². The number of nitrogens with one attached hydrogen (secondary N) is 2. The molecule has 0 aliphatic rings. The summed E-state index contributed by atoms with van der Waals surface area (Å²) >= 11 is 0. The molecule has 0 bridgehead atoms. The molecule has 0 saturated carbocycles. The van der Waals surface area contributed by atoms with Gasteiger partial charge in [0.05, 0.1) is 0 Å². The van der Waals surface area contributed by atoms with Crippen LogP contribution in [0.15, 0.2) is 12.3 Å². The maximum Gasteiger partial charge on any atom is 0.0153 e. The average molecular weight is 368 g/mol. The Morgan fingerprint density at radius 1 is 0.615 bits per heavy atom. The summed E-state index contributed by atoms with van der Waals surface area (Å²) in [7, 11) is 0. The molecule has 4 N–H and O–H groups in total. The zero-order chi connectivity index (χ0) is 19.0. The van der Waals surface area contributed by atoms with Crippen LogP contribution in [0.3, 0.4) is 0 Å². The van der Waals surface area contributed by atoms with E-state index in [1.54, 1.807) is 0 Å². The lowest BCUT2D eigenvalue weighted by molar-refractivity contribution is 0.540. The largest absolute Gasteiger partial charge is 0.391 e. The van der Waals surface area contributed by atoms with Crippen LogP contribution in [-0.2, 0) is 0 Å². The van der Waals surface area contributed by atoms with Crippen molar-refractivity contribution in [1.82, 2.24) is 10.6 Å². The molecule has 0 amide bonds. The van der Waals surface area contributed by atoms with E-state index in [0.29, 0.717) is 0 Å². The van der Waals surface area contributed by atoms with Crippen molar-refractivity contribution >= 4 is 0 Å². The molecule has 0 aromatic heterocycles. The zero-order valence-electron chi connectivity index (χ0n) is 17.9. The van der Waals surface area contributed by atoms with Crippen LogP contribution in [0.1, 0.15) is 110 Å². The number of unbranched alkanes of at least 4 members (excludes halogenated alkanes) is 13. The van der Waals surface area contributed by atoms with Crippen molar-refractivity contribution < 1.29 is 0 Å². The van der Waals surface area contributed by atoms with E-state index in [9.17, 15) is 0 Å². The minimum Gasteiger partial charge on any atom is -0.391 e. The molecule has 0 aromatic carbocycles. The first-order chi connectivity index (χ1) is 12.9. The van der Waals surface area contributed by atoms with Crippen LogP contribution in [0.4, 0.5) is 0 Å². The van der Waals surface area contributed by atoms with Gasteiger partial charge < -0.3 is 16.4 Å². The van der Waals surface area contributed by atoms with Crippen molar-refractivity contribution in [1.29, 1.82) is 0 Å². The lowest BCUT2D eigenvalue weighted by Gasteiger charge is -2.04. The van der Waals surface area contributed by atoms with Crippen molar-refractivity contribution in [3.8, 4) is 0 Å². The molecule has 0 aliphatic carbocycles. The molecular formula is C23H49N3. The van der Waals surface area contributed by atoms with Gasteiger partial charge in [-0.15, -0.1) is 0 Å². The van der Waals surface area contributed by atoms with Crippen molar-refractivity contribution in [2.24, 2.45) is 5.73 Å². The predicted molar refractivity (Wildman–Crippen MR) is 119 cm³/mol. The van der Waals surface area contributed by atoms with E-state index in [4.69, 9.17) is 5.73 Å². The molecule has 156 valence electrons. The maximum atomic E-state index is 5.46. The van der Waals surface area contributed by atoms with Gasteiger partial charge in [0.15, 0.2) is 0 Å². The molecule has 0 fully saturated rings. The second-order valence-corrected chi connectivity index (χ2v) is 7.63. The highest BCUT2D eigenvalue weighted by molar-refractivity contribution is 4.79. The van der Waals surface area contributed by atoms with Crippen molar-refractivity contribution in [3.05, 3.63) is 12.3 Å². The fourth-order valence-corrected chi connectivity index (χ4v) is 3.20. The highest BCUT2D eigenvalue weighted by atomic mass is 14.9. The van der Waals surface area contributed by atoms with Crippen LogP contribution in [0.25, 0.3) is 0 Å². The third kappa shape index (κ3) is 23.5. The Hall–Kier alpha value is -0.540. The van der Waals surface area contributed by atoms with Gasteiger partial charge in [0.1, 0.15) is 0 Å². The molecule has 0 aliphatic heterocycles. The van der Waals surface area contributed by atoms with Crippen LogP contribution >= 0.6 is 0 Å². The quantitative estimate of drug-likeness (QED) is 0.209. The molecule has 26 heavy (non-hydrogen) atoms. The summed E-state index contributed by atoms with van der Waals surface area (Å²) in [6.07, 6.45) is 26.5. The highest BCUT2D eigenvalue weighted by Gasteiger charge is 1.93. The molecule has 3 nitrogen and oxygen atoms in total. The summed E-state index contributed by atoms with van der Waals surface area (Å²) in [6, 6.07) is 0.